The van der Waals surface area contributed by atoms with Crippen LogP contribution in [0.25, 0.3) is 5.76 Å². The van der Waals surface area contributed by atoms with Gasteiger partial charge in [0, 0.05) is 29.6 Å². The Morgan fingerprint density at radius 2 is 1.90 bits per heavy atom. The van der Waals surface area contributed by atoms with Crippen molar-refractivity contribution < 1.29 is 39.5 Å². The first-order valence-corrected chi connectivity index (χ1v) is 14.1. The van der Waals surface area contributed by atoms with E-state index in [1.54, 1.807) is 14.1 Å². The molecule has 3 aliphatic carbocycles. The molecule has 0 bridgehead atoms. The number of ether oxygens (including phenoxy) is 1. The van der Waals surface area contributed by atoms with Gasteiger partial charge in [-0.3, -0.25) is 24.2 Å². The van der Waals surface area contributed by atoms with Gasteiger partial charge in [0.15, 0.2) is 11.4 Å². The van der Waals surface area contributed by atoms with Crippen molar-refractivity contribution in [3.8, 4) is 5.75 Å². The normalized spacial score (nSPS) is 26.1. The summed E-state index contributed by atoms with van der Waals surface area (Å²) in [4.78, 5) is 42.8. The van der Waals surface area contributed by atoms with Gasteiger partial charge in [-0.05, 0) is 70.4 Å². The van der Waals surface area contributed by atoms with Crippen molar-refractivity contribution in [2.45, 2.75) is 57.9 Å². The zero-order valence-corrected chi connectivity index (χ0v) is 24.7. The molecule has 3 aliphatic rings. The molecule has 0 spiro atoms. The number of benzene rings is 1. The summed E-state index contributed by atoms with van der Waals surface area (Å²) < 4.78 is 5.66. The highest BCUT2D eigenvalue weighted by Crippen LogP contribution is 2.53. The van der Waals surface area contributed by atoms with Crippen LogP contribution in [0.3, 0.4) is 0 Å². The molecule has 0 unspecified atom stereocenters. The van der Waals surface area contributed by atoms with Crippen LogP contribution in [0.4, 0.5) is 0 Å². The van der Waals surface area contributed by atoms with Crippen LogP contribution in [0.5, 0.6) is 5.75 Å². The maximum absolute atomic E-state index is 13.9. The summed E-state index contributed by atoms with van der Waals surface area (Å²) in [6.45, 7) is 8.18. The van der Waals surface area contributed by atoms with E-state index in [4.69, 9.17) is 22.1 Å². The Morgan fingerprint density at radius 1 is 1.24 bits per heavy atom. The van der Waals surface area contributed by atoms with Gasteiger partial charge in [-0.25, -0.2) is 0 Å². The van der Waals surface area contributed by atoms with Crippen molar-refractivity contribution in [3.63, 3.8) is 0 Å². The van der Waals surface area contributed by atoms with Gasteiger partial charge in [-0.15, -0.1) is 0 Å². The molecule has 0 aromatic heterocycles. The number of carbonyl (C=O) groups excluding carboxylic acids is 3. The van der Waals surface area contributed by atoms with E-state index >= 15 is 0 Å². The van der Waals surface area contributed by atoms with Gasteiger partial charge in [0.05, 0.1) is 24.3 Å². The van der Waals surface area contributed by atoms with Crippen LogP contribution < -0.4 is 5.73 Å². The molecule has 224 valence electrons. The lowest BCUT2D eigenvalue weighted by Gasteiger charge is -2.50. The molecule has 1 fully saturated rings. The van der Waals surface area contributed by atoms with Crippen LogP contribution in [0.2, 0.25) is 5.02 Å². The lowest BCUT2D eigenvalue weighted by molar-refractivity contribution is -0.153. The molecule has 1 aromatic carbocycles. The smallest absolute Gasteiger partial charge is 0.255 e. The van der Waals surface area contributed by atoms with Crippen molar-refractivity contribution in [1.29, 1.82) is 0 Å². The Kier molecular flexibility index (Phi) is 8.60. The molecule has 1 aromatic rings. The van der Waals surface area contributed by atoms with E-state index in [1.165, 1.54) is 11.0 Å². The highest BCUT2D eigenvalue weighted by atomic mass is 35.5. The number of carbonyl (C=O) groups is 3. The standard InChI is InChI=1S/C29H38ClN3O8/c1-6-33(7-8-41-13(2)3)12-15-11-18(34)20-16(22(15)30)9-14-10-17-23(32(4)5)25(36)21(28(31)39)27(38)29(17,40)26(37)19(14)24(20)35/h11,13-14,17,23,34-35,38,40H,6-10,12H2,1-5H3,(H2,31,39)/t14-,17-,23-,29-/m0/s1. The molecule has 6 N–H and O–H groups in total. The fraction of sp³-hybridized carbons (Fsp3) is 0.552. The molecule has 12 heteroatoms. The first-order valence-electron chi connectivity index (χ1n) is 13.7. The second-order valence-electron chi connectivity index (χ2n) is 11.5. The third-order valence-electron chi connectivity index (χ3n) is 8.43. The number of Topliss-reactive ketones (excluding diaryl/α,β-unsaturated/α-hetero) is 2. The number of hydrogen-bond donors (Lipinski definition) is 5. The number of ketones is 2. The summed E-state index contributed by atoms with van der Waals surface area (Å²) in [5.74, 6) is -6.93. The molecule has 4 rings (SSSR count). The minimum absolute atomic E-state index is 0.000701. The zero-order valence-electron chi connectivity index (χ0n) is 23.9. The number of rotatable bonds is 9. The third kappa shape index (κ3) is 5.03. The largest absolute Gasteiger partial charge is 0.508 e. The van der Waals surface area contributed by atoms with Gasteiger partial charge >= 0.3 is 0 Å². The molecule has 4 atom stereocenters. The topological polar surface area (TPSA) is 174 Å². The number of nitrogens with zero attached hydrogens (tertiary/aromatic N) is 2. The van der Waals surface area contributed by atoms with Gasteiger partial charge in [0.2, 0.25) is 5.78 Å². The maximum atomic E-state index is 13.9. The Bertz CT molecular complexity index is 1350. The Labute approximate surface area is 243 Å². The lowest BCUT2D eigenvalue weighted by Crippen LogP contribution is -2.65. The number of primary amides is 1. The highest BCUT2D eigenvalue weighted by Gasteiger charge is 2.64. The fourth-order valence-corrected chi connectivity index (χ4v) is 6.76. The molecule has 0 aliphatic heterocycles. The van der Waals surface area contributed by atoms with Crippen molar-refractivity contribution in [1.82, 2.24) is 9.80 Å². The number of phenols is 1. The van der Waals surface area contributed by atoms with Crippen LogP contribution >= 0.6 is 11.6 Å². The number of nitrogens with two attached hydrogens (primary N) is 1. The van der Waals surface area contributed by atoms with E-state index in [0.29, 0.717) is 42.4 Å². The monoisotopic (exact) mass is 591 g/mol. The number of aliphatic hydroxyl groups excluding tert-OH is 2. The molecular formula is C29H38ClN3O8. The summed E-state index contributed by atoms with van der Waals surface area (Å²) in [6.07, 6.45) is 0.231. The molecular weight excluding hydrogens is 554 g/mol. The van der Waals surface area contributed by atoms with E-state index in [9.17, 15) is 34.8 Å². The van der Waals surface area contributed by atoms with Crippen LogP contribution in [-0.4, -0.2) is 99.2 Å². The summed E-state index contributed by atoms with van der Waals surface area (Å²) >= 11 is 6.86. The minimum atomic E-state index is -2.68. The average molecular weight is 592 g/mol. The highest BCUT2D eigenvalue weighted by molar-refractivity contribution is 6.32. The second kappa shape index (κ2) is 11.4. The lowest BCUT2D eigenvalue weighted by atomic mass is 9.57. The Balaban J connectivity index is 1.80. The van der Waals surface area contributed by atoms with Crippen molar-refractivity contribution >= 4 is 34.8 Å². The molecule has 41 heavy (non-hydrogen) atoms. The summed E-state index contributed by atoms with van der Waals surface area (Å²) in [6, 6.07) is 0.299. The van der Waals surface area contributed by atoms with Gasteiger partial charge in [-0.2, -0.15) is 0 Å². The van der Waals surface area contributed by atoms with Crippen LogP contribution in [0.15, 0.2) is 23.0 Å². The number of amides is 1. The van der Waals surface area contributed by atoms with Gasteiger partial charge in [0.25, 0.3) is 5.91 Å². The van der Waals surface area contributed by atoms with Gasteiger partial charge in [0.1, 0.15) is 22.8 Å². The molecule has 0 heterocycles. The average Bonchev–Trinajstić information content (AvgIpc) is 2.87. The SMILES string of the molecule is CCN(CCOC(C)C)Cc1cc(O)c2c(c1Cl)C[C@H]1C[C@H]3[C@H](N(C)C)C(=O)C(C(N)=O)=C(O)[C@@]3(O)C(=O)C1=C2O. The molecule has 1 saturated carbocycles. The Morgan fingerprint density at radius 3 is 2.46 bits per heavy atom. The number of hydrogen-bond acceptors (Lipinski definition) is 10. The van der Waals surface area contributed by atoms with E-state index in [2.05, 4.69) is 4.90 Å². The van der Waals surface area contributed by atoms with Crippen LogP contribution in [0, 0.1) is 11.8 Å². The number of aromatic hydroxyl groups is 1. The molecule has 0 saturated heterocycles. The number of likely N-dealkylation sites (N-methyl/N-ethyl adjacent to an activating group) is 2. The first kappa shape index (κ1) is 31.0. The zero-order chi connectivity index (χ0) is 30.5. The van der Waals surface area contributed by atoms with Crippen molar-refractivity contribution in [2.75, 3.05) is 33.8 Å². The molecule has 1 amide bonds. The third-order valence-corrected chi connectivity index (χ3v) is 8.90. The number of aliphatic hydroxyl groups is 3. The second-order valence-corrected chi connectivity index (χ2v) is 11.9. The number of fused-ring (bicyclic) bond motifs is 3. The first-order chi connectivity index (χ1) is 19.2. The van der Waals surface area contributed by atoms with E-state index in [-0.39, 0.29) is 35.8 Å². The minimum Gasteiger partial charge on any atom is -0.508 e. The van der Waals surface area contributed by atoms with Crippen LogP contribution in [0.1, 0.15) is 43.9 Å². The fourth-order valence-electron chi connectivity index (χ4n) is 6.47. The van der Waals surface area contributed by atoms with Crippen molar-refractivity contribution in [3.05, 3.63) is 44.7 Å². The summed E-state index contributed by atoms with van der Waals surface area (Å²) in [5.41, 5.74) is 2.68. The number of phenolic OH excluding ortho intramolecular Hbond substituents is 1. The predicted octanol–water partition coefficient (Wildman–Crippen LogP) is 1.86. The van der Waals surface area contributed by atoms with Crippen LogP contribution in [-0.2, 0) is 32.1 Å². The quantitative estimate of drug-likeness (QED) is 0.267. The van der Waals surface area contributed by atoms with Crippen molar-refractivity contribution in [2.24, 2.45) is 17.6 Å². The van der Waals surface area contributed by atoms with E-state index in [1.807, 2.05) is 20.8 Å². The predicted molar refractivity (Wildman–Crippen MR) is 151 cm³/mol. The molecule has 11 nitrogen and oxygen atoms in total. The maximum Gasteiger partial charge on any atom is 0.255 e. The van der Waals surface area contributed by atoms with Gasteiger partial charge < -0.3 is 30.9 Å². The summed E-state index contributed by atoms with van der Waals surface area (Å²) in [5, 5.41) is 45.3. The van der Waals surface area contributed by atoms with Gasteiger partial charge in [-0.1, -0.05) is 18.5 Å². The van der Waals surface area contributed by atoms with E-state index < -0.39 is 58.0 Å². The summed E-state index contributed by atoms with van der Waals surface area (Å²) in [7, 11) is 3.11. The Hall–Kier alpha value is -2.96. The van der Waals surface area contributed by atoms with E-state index in [0.717, 1.165) is 0 Å². The molecule has 0 radical (unpaired) electrons. The number of halogens is 1.